The second kappa shape index (κ2) is 4.86. The second-order valence-corrected chi connectivity index (χ2v) is 4.63. The molecule has 0 saturated carbocycles. The molecule has 0 heterocycles. The van der Waals surface area contributed by atoms with Crippen molar-refractivity contribution in [1.29, 1.82) is 0 Å². The third kappa shape index (κ3) is 2.29. The molecule has 4 nitrogen and oxygen atoms in total. The maximum atomic E-state index is 12.9. The van der Waals surface area contributed by atoms with Crippen molar-refractivity contribution in [2.24, 2.45) is 0 Å². The van der Waals surface area contributed by atoms with Crippen LogP contribution in [0.15, 0.2) is 54.6 Å². The van der Waals surface area contributed by atoms with E-state index in [2.05, 4.69) is 0 Å². The standard InChI is InChI=1S/C16H10FNO3/c17-13-5-1-10(2-6-13)11-3-7-14-12(9-11)4-8-15(19)16(14)18(20)21/h1-9,19H. The maximum absolute atomic E-state index is 12.9. The number of rotatable bonds is 2. The molecule has 0 amide bonds. The number of phenols is 1. The van der Waals surface area contributed by atoms with Crippen LogP contribution in [0.3, 0.4) is 0 Å². The number of hydrogen-bond donors (Lipinski definition) is 1. The van der Waals surface area contributed by atoms with Crippen LogP contribution >= 0.6 is 0 Å². The Morgan fingerprint density at radius 3 is 2.29 bits per heavy atom. The molecule has 0 unspecified atom stereocenters. The smallest absolute Gasteiger partial charge is 0.318 e. The Labute approximate surface area is 119 Å². The van der Waals surface area contributed by atoms with Gasteiger partial charge < -0.3 is 5.11 Å². The number of benzene rings is 3. The molecule has 1 N–H and O–H groups in total. The molecule has 0 aliphatic heterocycles. The topological polar surface area (TPSA) is 63.4 Å². The lowest BCUT2D eigenvalue weighted by atomic mass is 10.00. The first kappa shape index (κ1) is 13.1. The van der Waals surface area contributed by atoms with Crippen molar-refractivity contribution in [3.8, 4) is 16.9 Å². The normalized spacial score (nSPS) is 10.7. The van der Waals surface area contributed by atoms with Crippen LogP contribution in [-0.2, 0) is 0 Å². The van der Waals surface area contributed by atoms with Crippen LogP contribution < -0.4 is 0 Å². The van der Waals surface area contributed by atoms with E-state index in [9.17, 15) is 19.6 Å². The fourth-order valence-electron chi connectivity index (χ4n) is 2.32. The Balaban J connectivity index is 2.20. The molecule has 0 saturated heterocycles. The van der Waals surface area contributed by atoms with Gasteiger partial charge in [0.25, 0.3) is 0 Å². The summed E-state index contributed by atoms with van der Waals surface area (Å²) in [5.74, 6) is -0.679. The number of nitro groups is 1. The highest BCUT2D eigenvalue weighted by atomic mass is 19.1. The van der Waals surface area contributed by atoms with Crippen LogP contribution in [0, 0.1) is 15.9 Å². The van der Waals surface area contributed by atoms with Crippen molar-refractivity contribution < 1.29 is 14.4 Å². The number of hydrogen-bond acceptors (Lipinski definition) is 3. The number of phenolic OH excluding ortho intramolecular Hbond substituents is 1. The zero-order chi connectivity index (χ0) is 15.0. The highest BCUT2D eigenvalue weighted by molar-refractivity contribution is 5.96. The quantitative estimate of drug-likeness (QED) is 0.564. The van der Waals surface area contributed by atoms with E-state index in [-0.39, 0.29) is 17.3 Å². The highest BCUT2D eigenvalue weighted by Gasteiger charge is 2.18. The molecule has 0 atom stereocenters. The first-order chi connectivity index (χ1) is 10.1. The minimum atomic E-state index is -0.602. The van der Waals surface area contributed by atoms with Crippen LogP contribution in [0.1, 0.15) is 0 Å². The Kier molecular flexibility index (Phi) is 3.02. The number of nitrogens with zero attached hydrogens (tertiary/aromatic N) is 1. The molecular formula is C16H10FNO3. The molecule has 3 aromatic rings. The summed E-state index contributed by atoms with van der Waals surface area (Å²) in [7, 11) is 0. The van der Waals surface area contributed by atoms with Gasteiger partial charge in [0.1, 0.15) is 5.82 Å². The van der Waals surface area contributed by atoms with Crippen LogP contribution in [0.4, 0.5) is 10.1 Å². The minimum Gasteiger partial charge on any atom is -0.502 e. The van der Waals surface area contributed by atoms with E-state index in [1.54, 1.807) is 36.4 Å². The maximum Gasteiger partial charge on any atom is 0.318 e. The van der Waals surface area contributed by atoms with Crippen LogP contribution in [0.2, 0.25) is 0 Å². The van der Waals surface area contributed by atoms with Crippen molar-refractivity contribution >= 4 is 16.5 Å². The first-order valence-corrected chi connectivity index (χ1v) is 6.22. The molecule has 0 spiro atoms. The average molecular weight is 283 g/mol. The molecule has 0 aliphatic carbocycles. The van der Waals surface area contributed by atoms with Gasteiger partial charge in [0.2, 0.25) is 0 Å². The van der Waals surface area contributed by atoms with Gasteiger partial charge in [-0.1, -0.05) is 24.3 Å². The van der Waals surface area contributed by atoms with Gasteiger partial charge in [-0.3, -0.25) is 10.1 Å². The van der Waals surface area contributed by atoms with Gasteiger partial charge in [-0.2, -0.15) is 0 Å². The Hall–Kier alpha value is -2.95. The van der Waals surface area contributed by atoms with E-state index in [1.165, 1.54) is 18.2 Å². The zero-order valence-electron chi connectivity index (χ0n) is 10.8. The largest absolute Gasteiger partial charge is 0.502 e. The molecule has 3 aromatic carbocycles. The summed E-state index contributed by atoms with van der Waals surface area (Å²) in [6, 6.07) is 14.0. The Morgan fingerprint density at radius 1 is 0.952 bits per heavy atom. The van der Waals surface area contributed by atoms with E-state index in [0.29, 0.717) is 10.8 Å². The third-order valence-corrected chi connectivity index (χ3v) is 3.33. The molecule has 21 heavy (non-hydrogen) atoms. The monoisotopic (exact) mass is 283 g/mol. The molecule has 5 heteroatoms. The Morgan fingerprint density at radius 2 is 1.62 bits per heavy atom. The molecule has 0 aliphatic rings. The summed E-state index contributed by atoms with van der Waals surface area (Å²) in [5.41, 5.74) is 1.33. The molecule has 0 fully saturated rings. The molecule has 0 bridgehead atoms. The number of fused-ring (bicyclic) bond motifs is 1. The molecular weight excluding hydrogens is 273 g/mol. The lowest BCUT2D eigenvalue weighted by Gasteiger charge is -2.06. The van der Waals surface area contributed by atoms with E-state index in [0.717, 1.165) is 11.1 Å². The summed E-state index contributed by atoms with van der Waals surface area (Å²) in [4.78, 5) is 10.4. The van der Waals surface area contributed by atoms with E-state index < -0.39 is 4.92 Å². The highest BCUT2D eigenvalue weighted by Crippen LogP contribution is 2.36. The summed E-state index contributed by atoms with van der Waals surface area (Å²) in [6.45, 7) is 0. The van der Waals surface area contributed by atoms with E-state index >= 15 is 0 Å². The van der Waals surface area contributed by atoms with E-state index in [4.69, 9.17) is 0 Å². The van der Waals surface area contributed by atoms with Crippen molar-refractivity contribution in [2.75, 3.05) is 0 Å². The number of nitro benzene ring substituents is 1. The van der Waals surface area contributed by atoms with Crippen molar-refractivity contribution in [1.82, 2.24) is 0 Å². The first-order valence-electron chi connectivity index (χ1n) is 6.22. The summed E-state index contributed by atoms with van der Waals surface area (Å²) < 4.78 is 12.9. The second-order valence-electron chi connectivity index (χ2n) is 4.63. The molecule has 3 rings (SSSR count). The van der Waals surface area contributed by atoms with Gasteiger partial charge >= 0.3 is 5.69 Å². The SMILES string of the molecule is O=[N+]([O-])c1c(O)ccc2cc(-c3ccc(F)cc3)ccc12. The van der Waals surface area contributed by atoms with Crippen molar-refractivity contribution in [3.63, 3.8) is 0 Å². The molecule has 104 valence electrons. The van der Waals surface area contributed by atoms with Crippen LogP contribution in [0.25, 0.3) is 21.9 Å². The fourth-order valence-corrected chi connectivity index (χ4v) is 2.32. The van der Waals surface area contributed by atoms with Crippen LogP contribution in [0.5, 0.6) is 5.75 Å². The van der Waals surface area contributed by atoms with Gasteiger partial charge in [-0.25, -0.2) is 4.39 Å². The minimum absolute atomic E-state index is 0.307. The van der Waals surface area contributed by atoms with E-state index in [1.807, 2.05) is 0 Å². The number of aromatic hydroxyl groups is 1. The predicted octanol–water partition coefficient (Wildman–Crippen LogP) is 4.26. The lowest BCUT2D eigenvalue weighted by Crippen LogP contribution is -1.90. The number of halogens is 1. The van der Waals surface area contributed by atoms with Gasteiger partial charge in [-0.05, 0) is 46.8 Å². The summed E-state index contributed by atoms with van der Waals surface area (Å²) in [6.07, 6.45) is 0. The van der Waals surface area contributed by atoms with Gasteiger partial charge in [0.05, 0.1) is 10.3 Å². The summed E-state index contributed by atoms with van der Waals surface area (Å²) >= 11 is 0. The fraction of sp³-hybridized carbons (Fsp3) is 0. The Bertz CT molecular complexity index is 844. The molecule has 0 aromatic heterocycles. The molecule has 0 radical (unpaired) electrons. The van der Waals surface area contributed by atoms with Gasteiger partial charge in [-0.15, -0.1) is 0 Å². The van der Waals surface area contributed by atoms with Crippen molar-refractivity contribution in [3.05, 3.63) is 70.5 Å². The van der Waals surface area contributed by atoms with Gasteiger partial charge in [0, 0.05) is 0 Å². The lowest BCUT2D eigenvalue weighted by molar-refractivity contribution is -0.384. The predicted molar refractivity (Wildman–Crippen MR) is 77.7 cm³/mol. The van der Waals surface area contributed by atoms with Crippen LogP contribution in [-0.4, -0.2) is 10.0 Å². The summed E-state index contributed by atoms with van der Waals surface area (Å²) in [5, 5.41) is 21.7. The average Bonchev–Trinajstić information content (AvgIpc) is 2.47. The van der Waals surface area contributed by atoms with Gasteiger partial charge in [0.15, 0.2) is 5.75 Å². The van der Waals surface area contributed by atoms with Crippen molar-refractivity contribution in [2.45, 2.75) is 0 Å². The zero-order valence-corrected chi connectivity index (χ0v) is 10.8. The third-order valence-electron chi connectivity index (χ3n) is 3.33.